The lowest BCUT2D eigenvalue weighted by Gasteiger charge is -2.15. The van der Waals surface area contributed by atoms with Crippen LogP contribution >= 0.6 is 23.2 Å². The van der Waals surface area contributed by atoms with E-state index in [1.54, 1.807) is 19.4 Å². The molecule has 0 bridgehead atoms. The van der Waals surface area contributed by atoms with Crippen molar-refractivity contribution < 1.29 is 8.42 Å². The van der Waals surface area contributed by atoms with Crippen molar-refractivity contribution >= 4 is 33.2 Å². The Kier molecular flexibility index (Phi) is 5.15. The van der Waals surface area contributed by atoms with Crippen LogP contribution in [0, 0.1) is 0 Å². The summed E-state index contributed by atoms with van der Waals surface area (Å²) in [7, 11) is -3.71. The first kappa shape index (κ1) is 17.9. The molecule has 1 N–H and O–H groups in total. The second-order valence-electron chi connectivity index (χ2n) is 5.48. The van der Waals surface area contributed by atoms with Crippen LogP contribution in [0.1, 0.15) is 18.5 Å². The highest BCUT2D eigenvalue weighted by atomic mass is 35.5. The van der Waals surface area contributed by atoms with E-state index in [-0.39, 0.29) is 9.92 Å². The fourth-order valence-corrected chi connectivity index (χ4v) is 3.98. The number of sulfonamides is 1. The van der Waals surface area contributed by atoms with Gasteiger partial charge in [0.25, 0.3) is 0 Å². The predicted molar refractivity (Wildman–Crippen MR) is 98.8 cm³/mol. The summed E-state index contributed by atoms with van der Waals surface area (Å²) in [5.41, 5.74) is 1.79. The lowest BCUT2D eigenvalue weighted by atomic mass is 10.1. The molecule has 1 aromatic heterocycles. The Morgan fingerprint density at radius 1 is 1.08 bits per heavy atom. The average molecular weight is 396 g/mol. The molecule has 1 atom stereocenters. The molecule has 0 aliphatic rings. The van der Waals surface area contributed by atoms with E-state index in [1.165, 1.54) is 18.2 Å². The number of halogens is 2. The van der Waals surface area contributed by atoms with Gasteiger partial charge < -0.3 is 4.57 Å². The van der Waals surface area contributed by atoms with E-state index in [1.807, 2.05) is 35.0 Å². The molecule has 0 saturated heterocycles. The molecule has 0 fully saturated rings. The summed E-state index contributed by atoms with van der Waals surface area (Å²) in [6.07, 6.45) is 5.23. The summed E-state index contributed by atoms with van der Waals surface area (Å²) in [5.74, 6) is 0. The summed E-state index contributed by atoms with van der Waals surface area (Å²) < 4.78 is 29.5. The quantitative estimate of drug-likeness (QED) is 0.703. The van der Waals surface area contributed by atoms with Gasteiger partial charge in [-0.25, -0.2) is 18.1 Å². The number of nitrogens with one attached hydrogen (secondary N) is 1. The van der Waals surface area contributed by atoms with Crippen LogP contribution in [0.4, 0.5) is 0 Å². The van der Waals surface area contributed by atoms with Gasteiger partial charge in [0.05, 0.1) is 21.3 Å². The smallest absolute Gasteiger partial charge is 0.241 e. The van der Waals surface area contributed by atoms with Crippen LogP contribution < -0.4 is 4.72 Å². The minimum atomic E-state index is -3.71. The summed E-state index contributed by atoms with van der Waals surface area (Å²) in [5, 5.41) is 0.505. The standard InChI is InChI=1S/C17H15Cl2N3O2S/c1-12(13-2-4-14(5-3-13)22-9-8-20-11-22)21-25(23,24)15-6-7-16(18)17(19)10-15/h2-12,21H,1H3. The maximum atomic E-state index is 12.5. The lowest BCUT2D eigenvalue weighted by Crippen LogP contribution is -2.26. The summed E-state index contributed by atoms with van der Waals surface area (Å²) >= 11 is 11.7. The minimum Gasteiger partial charge on any atom is -0.306 e. The van der Waals surface area contributed by atoms with Gasteiger partial charge in [0.2, 0.25) is 10.0 Å². The zero-order valence-corrected chi connectivity index (χ0v) is 15.6. The molecule has 0 saturated carbocycles. The number of benzene rings is 2. The van der Waals surface area contributed by atoms with Gasteiger partial charge in [-0.15, -0.1) is 0 Å². The molecule has 130 valence electrons. The maximum Gasteiger partial charge on any atom is 0.241 e. The number of nitrogens with zero attached hydrogens (tertiary/aromatic N) is 2. The molecule has 1 heterocycles. The third-order valence-corrected chi connectivity index (χ3v) is 6.01. The van der Waals surface area contributed by atoms with E-state index in [9.17, 15) is 8.42 Å². The first-order valence-electron chi connectivity index (χ1n) is 7.42. The Labute approximate surface area is 156 Å². The molecule has 3 aromatic rings. The topological polar surface area (TPSA) is 64.0 Å². The molecule has 3 rings (SSSR count). The summed E-state index contributed by atoms with van der Waals surface area (Å²) in [6, 6.07) is 11.4. The number of hydrogen-bond donors (Lipinski definition) is 1. The average Bonchev–Trinajstić information content (AvgIpc) is 3.11. The zero-order chi connectivity index (χ0) is 18.0. The molecule has 1 unspecified atom stereocenters. The van der Waals surface area contributed by atoms with Crippen molar-refractivity contribution in [2.24, 2.45) is 0 Å². The largest absolute Gasteiger partial charge is 0.306 e. The molecule has 0 spiro atoms. The Balaban J connectivity index is 1.78. The summed E-state index contributed by atoms with van der Waals surface area (Å²) in [4.78, 5) is 4.08. The third-order valence-electron chi connectivity index (χ3n) is 3.73. The van der Waals surface area contributed by atoms with Gasteiger partial charge in [0.1, 0.15) is 0 Å². The SMILES string of the molecule is CC(NS(=O)(=O)c1ccc(Cl)c(Cl)c1)c1ccc(-n2ccnc2)cc1. The van der Waals surface area contributed by atoms with Gasteiger partial charge in [-0.1, -0.05) is 35.3 Å². The van der Waals surface area contributed by atoms with Crippen molar-refractivity contribution in [3.05, 3.63) is 76.8 Å². The number of rotatable bonds is 5. The van der Waals surface area contributed by atoms with Gasteiger partial charge in [-0.3, -0.25) is 0 Å². The molecule has 0 aliphatic carbocycles. The molecule has 0 amide bonds. The van der Waals surface area contributed by atoms with E-state index in [2.05, 4.69) is 9.71 Å². The van der Waals surface area contributed by atoms with Crippen LogP contribution in [0.25, 0.3) is 5.69 Å². The molecule has 8 heteroatoms. The number of imidazole rings is 1. The normalized spacial score (nSPS) is 12.9. The second-order valence-corrected chi connectivity index (χ2v) is 8.01. The first-order valence-corrected chi connectivity index (χ1v) is 9.66. The highest BCUT2D eigenvalue weighted by molar-refractivity contribution is 7.89. The Hall–Kier alpha value is -1.86. The Morgan fingerprint density at radius 3 is 2.40 bits per heavy atom. The lowest BCUT2D eigenvalue weighted by molar-refractivity contribution is 0.567. The van der Waals surface area contributed by atoms with Crippen molar-refractivity contribution in [2.75, 3.05) is 0 Å². The van der Waals surface area contributed by atoms with Crippen LogP contribution in [-0.2, 0) is 10.0 Å². The van der Waals surface area contributed by atoms with Crippen LogP contribution in [0.15, 0.2) is 66.1 Å². The first-order chi connectivity index (χ1) is 11.9. The van der Waals surface area contributed by atoms with E-state index in [0.29, 0.717) is 5.02 Å². The molecule has 25 heavy (non-hydrogen) atoms. The second kappa shape index (κ2) is 7.17. The minimum absolute atomic E-state index is 0.0729. The van der Waals surface area contributed by atoms with Crippen molar-refractivity contribution in [3.63, 3.8) is 0 Å². The van der Waals surface area contributed by atoms with Gasteiger partial charge >= 0.3 is 0 Å². The van der Waals surface area contributed by atoms with Gasteiger partial charge in [-0.2, -0.15) is 0 Å². The van der Waals surface area contributed by atoms with Crippen LogP contribution in [0.3, 0.4) is 0 Å². The monoisotopic (exact) mass is 395 g/mol. The van der Waals surface area contributed by atoms with Crippen LogP contribution in [0.5, 0.6) is 0 Å². The van der Waals surface area contributed by atoms with Crippen LogP contribution in [-0.4, -0.2) is 18.0 Å². The van der Waals surface area contributed by atoms with Crippen molar-refractivity contribution in [2.45, 2.75) is 17.9 Å². The third kappa shape index (κ3) is 4.04. The van der Waals surface area contributed by atoms with Gasteiger partial charge in [-0.05, 0) is 42.8 Å². The highest BCUT2D eigenvalue weighted by Gasteiger charge is 2.19. The highest BCUT2D eigenvalue weighted by Crippen LogP contribution is 2.26. The van der Waals surface area contributed by atoms with Crippen LogP contribution in [0.2, 0.25) is 10.0 Å². The molecular formula is C17H15Cl2N3O2S. The fraction of sp³-hybridized carbons (Fsp3) is 0.118. The number of aromatic nitrogens is 2. The van der Waals surface area contributed by atoms with E-state index in [0.717, 1.165) is 11.3 Å². The molecule has 0 radical (unpaired) electrons. The van der Waals surface area contributed by atoms with Crippen molar-refractivity contribution in [3.8, 4) is 5.69 Å². The van der Waals surface area contributed by atoms with Crippen molar-refractivity contribution in [1.82, 2.24) is 14.3 Å². The van der Waals surface area contributed by atoms with Gasteiger partial charge in [0.15, 0.2) is 0 Å². The van der Waals surface area contributed by atoms with E-state index < -0.39 is 16.1 Å². The van der Waals surface area contributed by atoms with Crippen molar-refractivity contribution in [1.29, 1.82) is 0 Å². The maximum absolute atomic E-state index is 12.5. The molecule has 5 nitrogen and oxygen atoms in total. The molecular weight excluding hydrogens is 381 g/mol. The molecule has 0 aliphatic heterocycles. The fourth-order valence-electron chi connectivity index (χ4n) is 2.36. The van der Waals surface area contributed by atoms with E-state index >= 15 is 0 Å². The summed E-state index contributed by atoms with van der Waals surface area (Å²) in [6.45, 7) is 1.78. The van der Waals surface area contributed by atoms with E-state index in [4.69, 9.17) is 23.2 Å². The predicted octanol–water partition coefficient (Wildman–Crippen LogP) is 4.22. The Bertz CT molecular complexity index is 972. The van der Waals surface area contributed by atoms with Gasteiger partial charge in [0, 0.05) is 24.1 Å². The molecule has 2 aromatic carbocycles. The zero-order valence-electron chi connectivity index (χ0n) is 13.2. The number of hydrogen-bond acceptors (Lipinski definition) is 3. The Morgan fingerprint density at radius 2 is 1.80 bits per heavy atom.